The zero-order valence-corrected chi connectivity index (χ0v) is 12.9. The van der Waals surface area contributed by atoms with E-state index in [1.54, 1.807) is 4.90 Å². The molecule has 23 heavy (non-hydrogen) atoms. The van der Waals surface area contributed by atoms with Crippen LogP contribution >= 0.6 is 0 Å². The quantitative estimate of drug-likeness (QED) is 0.741. The van der Waals surface area contributed by atoms with Gasteiger partial charge in [0.15, 0.2) is 5.82 Å². The number of hydrogen-bond acceptors (Lipinski definition) is 5. The fraction of sp³-hybridized carbons (Fsp3) is 0.375. The summed E-state index contributed by atoms with van der Waals surface area (Å²) in [6, 6.07) is 5.76. The summed E-state index contributed by atoms with van der Waals surface area (Å²) >= 11 is 0. The molecule has 4 rings (SSSR count). The SMILES string of the molecule is Cc1cnc2cccc(-c3nc(CN4CCCCC4=O)no3)n12. The largest absolute Gasteiger partial charge is 0.335 e. The minimum Gasteiger partial charge on any atom is -0.335 e. The minimum atomic E-state index is 0.162. The normalized spacial score (nSPS) is 15.5. The number of fused-ring (bicyclic) bond motifs is 1. The lowest BCUT2D eigenvalue weighted by Gasteiger charge is -2.25. The first kappa shape index (κ1) is 13.9. The summed E-state index contributed by atoms with van der Waals surface area (Å²) in [4.78, 5) is 22.5. The van der Waals surface area contributed by atoms with Gasteiger partial charge in [-0.1, -0.05) is 11.2 Å². The molecule has 0 radical (unpaired) electrons. The van der Waals surface area contributed by atoms with Crippen molar-refractivity contribution in [2.45, 2.75) is 32.7 Å². The molecule has 1 saturated heterocycles. The Hall–Kier alpha value is -2.70. The maximum Gasteiger partial charge on any atom is 0.275 e. The predicted octanol–water partition coefficient (Wildman–Crippen LogP) is 2.21. The highest BCUT2D eigenvalue weighted by Gasteiger charge is 2.21. The van der Waals surface area contributed by atoms with E-state index in [-0.39, 0.29) is 5.91 Å². The lowest BCUT2D eigenvalue weighted by atomic mass is 10.1. The van der Waals surface area contributed by atoms with Gasteiger partial charge >= 0.3 is 0 Å². The summed E-state index contributed by atoms with van der Waals surface area (Å²) in [5, 5.41) is 4.03. The molecule has 4 heterocycles. The second-order valence-electron chi connectivity index (χ2n) is 5.79. The Kier molecular flexibility index (Phi) is 3.33. The summed E-state index contributed by atoms with van der Waals surface area (Å²) < 4.78 is 7.39. The molecule has 7 heteroatoms. The number of likely N-dealkylation sites (tertiary alicyclic amines) is 1. The summed E-state index contributed by atoms with van der Waals surface area (Å²) in [5.74, 6) is 1.14. The lowest BCUT2D eigenvalue weighted by molar-refractivity contribution is -0.134. The van der Waals surface area contributed by atoms with Crippen molar-refractivity contribution < 1.29 is 9.32 Å². The Bertz CT molecular complexity index is 866. The van der Waals surface area contributed by atoms with Gasteiger partial charge in [-0.05, 0) is 31.9 Å². The number of nitrogens with zero attached hydrogens (tertiary/aromatic N) is 5. The number of pyridine rings is 1. The Morgan fingerprint density at radius 2 is 2.22 bits per heavy atom. The Balaban J connectivity index is 1.64. The zero-order valence-electron chi connectivity index (χ0n) is 12.9. The molecule has 3 aromatic heterocycles. The molecule has 0 spiro atoms. The fourth-order valence-corrected chi connectivity index (χ4v) is 2.98. The molecular weight excluding hydrogens is 294 g/mol. The van der Waals surface area contributed by atoms with Gasteiger partial charge in [-0.3, -0.25) is 9.20 Å². The van der Waals surface area contributed by atoms with Gasteiger partial charge < -0.3 is 9.42 Å². The smallest absolute Gasteiger partial charge is 0.275 e. The van der Waals surface area contributed by atoms with Crippen molar-refractivity contribution in [3.63, 3.8) is 0 Å². The summed E-state index contributed by atoms with van der Waals surface area (Å²) in [7, 11) is 0. The van der Waals surface area contributed by atoms with Crippen LogP contribution < -0.4 is 0 Å². The van der Waals surface area contributed by atoms with Crippen molar-refractivity contribution in [2.24, 2.45) is 0 Å². The number of hydrogen-bond donors (Lipinski definition) is 0. The molecule has 0 bridgehead atoms. The highest BCUT2D eigenvalue weighted by atomic mass is 16.5. The van der Waals surface area contributed by atoms with E-state index >= 15 is 0 Å². The highest BCUT2D eigenvalue weighted by molar-refractivity contribution is 5.76. The van der Waals surface area contributed by atoms with E-state index in [0.717, 1.165) is 36.4 Å². The molecule has 1 fully saturated rings. The molecular formula is C16H17N5O2. The van der Waals surface area contributed by atoms with Crippen LogP contribution in [0.4, 0.5) is 0 Å². The molecule has 7 nitrogen and oxygen atoms in total. The van der Waals surface area contributed by atoms with E-state index in [1.165, 1.54) is 0 Å². The second kappa shape index (κ2) is 5.49. The van der Waals surface area contributed by atoms with E-state index in [0.29, 0.717) is 24.7 Å². The van der Waals surface area contributed by atoms with Crippen LogP contribution in [0.2, 0.25) is 0 Å². The second-order valence-corrected chi connectivity index (χ2v) is 5.79. The number of imidazole rings is 1. The third kappa shape index (κ3) is 2.48. The number of piperidine rings is 1. The van der Waals surface area contributed by atoms with E-state index < -0.39 is 0 Å². The Labute approximate surface area is 132 Å². The van der Waals surface area contributed by atoms with E-state index in [4.69, 9.17) is 4.52 Å². The van der Waals surface area contributed by atoms with Gasteiger partial charge in [0.25, 0.3) is 5.89 Å². The summed E-state index contributed by atoms with van der Waals surface area (Å²) in [6.45, 7) is 3.15. The molecule has 0 aliphatic carbocycles. The molecule has 0 atom stereocenters. The van der Waals surface area contributed by atoms with E-state index in [2.05, 4.69) is 15.1 Å². The van der Waals surface area contributed by atoms with Gasteiger partial charge in [-0.15, -0.1) is 0 Å². The summed E-state index contributed by atoms with van der Waals surface area (Å²) in [5.41, 5.74) is 2.65. The van der Waals surface area contributed by atoms with Gasteiger partial charge in [-0.2, -0.15) is 4.98 Å². The van der Waals surface area contributed by atoms with Crippen LogP contribution in [0.15, 0.2) is 28.9 Å². The van der Waals surface area contributed by atoms with Crippen molar-refractivity contribution in [2.75, 3.05) is 6.54 Å². The minimum absolute atomic E-state index is 0.162. The van der Waals surface area contributed by atoms with E-state index in [9.17, 15) is 4.79 Å². The number of aryl methyl sites for hydroxylation is 1. The third-order valence-corrected chi connectivity index (χ3v) is 4.15. The Morgan fingerprint density at radius 3 is 3.09 bits per heavy atom. The zero-order chi connectivity index (χ0) is 15.8. The number of carbonyl (C=O) groups is 1. The van der Waals surface area contributed by atoms with Crippen LogP contribution in [-0.4, -0.2) is 36.9 Å². The molecule has 1 aliphatic heterocycles. The third-order valence-electron chi connectivity index (χ3n) is 4.15. The van der Waals surface area contributed by atoms with Crippen LogP contribution in [0.1, 0.15) is 30.8 Å². The average Bonchev–Trinajstić information content (AvgIpc) is 3.17. The first-order valence-electron chi connectivity index (χ1n) is 7.76. The molecule has 3 aromatic rings. The molecule has 1 amide bonds. The van der Waals surface area contributed by atoms with Crippen molar-refractivity contribution in [1.29, 1.82) is 0 Å². The van der Waals surface area contributed by atoms with Gasteiger partial charge in [0.05, 0.1) is 6.54 Å². The van der Waals surface area contributed by atoms with Crippen LogP contribution in [0, 0.1) is 6.92 Å². The molecule has 0 N–H and O–H groups in total. The van der Waals surface area contributed by atoms with Crippen LogP contribution in [0.5, 0.6) is 0 Å². The maximum atomic E-state index is 11.9. The highest BCUT2D eigenvalue weighted by Crippen LogP contribution is 2.21. The standard InChI is InChI=1S/C16H17N5O2/c1-11-9-17-14-6-4-5-12(21(11)14)16-18-13(19-23-16)10-20-8-3-2-7-15(20)22/h4-6,9H,2-3,7-8,10H2,1H3. The number of aromatic nitrogens is 4. The Morgan fingerprint density at radius 1 is 1.30 bits per heavy atom. The van der Waals surface area contributed by atoms with Crippen molar-refractivity contribution in [1.82, 2.24) is 24.4 Å². The molecule has 118 valence electrons. The number of rotatable bonds is 3. The van der Waals surface area contributed by atoms with Crippen LogP contribution in [0.25, 0.3) is 17.2 Å². The number of carbonyl (C=O) groups excluding carboxylic acids is 1. The monoisotopic (exact) mass is 311 g/mol. The van der Waals surface area contributed by atoms with Crippen molar-refractivity contribution in [3.8, 4) is 11.6 Å². The fourth-order valence-electron chi connectivity index (χ4n) is 2.98. The predicted molar refractivity (Wildman–Crippen MR) is 82.5 cm³/mol. The number of amides is 1. The van der Waals surface area contributed by atoms with Gasteiger partial charge in [-0.25, -0.2) is 4.98 Å². The molecule has 1 aliphatic rings. The molecule has 0 saturated carbocycles. The van der Waals surface area contributed by atoms with E-state index in [1.807, 2.05) is 35.7 Å². The summed E-state index contributed by atoms with van der Waals surface area (Å²) in [6.07, 6.45) is 4.42. The maximum absolute atomic E-state index is 11.9. The average molecular weight is 311 g/mol. The van der Waals surface area contributed by atoms with Gasteiger partial charge in [0.1, 0.15) is 11.3 Å². The van der Waals surface area contributed by atoms with Crippen molar-refractivity contribution in [3.05, 3.63) is 35.9 Å². The lowest BCUT2D eigenvalue weighted by Crippen LogP contribution is -2.34. The van der Waals surface area contributed by atoms with Crippen molar-refractivity contribution >= 4 is 11.6 Å². The van der Waals surface area contributed by atoms with Gasteiger partial charge in [0.2, 0.25) is 5.91 Å². The first-order valence-corrected chi connectivity index (χ1v) is 7.76. The van der Waals surface area contributed by atoms with Crippen LogP contribution in [0.3, 0.4) is 0 Å². The molecule has 0 unspecified atom stereocenters. The van der Waals surface area contributed by atoms with Gasteiger partial charge in [0, 0.05) is 24.9 Å². The first-order chi connectivity index (χ1) is 11.2. The molecule has 0 aromatic carbocycles. The topological polar surface area (TPSA) is 76.5 Å². The van der Waals surface area contributed by atoms with Crippen LogP contribution in [-0.2, 0) is 11.3 Å².